The van der Waals surface area contributed by atoms with Crippen molar-refractivity contribution in [1.82, 2.24) is 5.32 Å². The summed E-state index contributed by atoms with van der Waals surface area (Å²) in [6.07, 6.45) is 1.59. The number of allylic oxidation sites excluding steroid dienone is 1. The Kier molecular flexibility index (Phi) is 8.73. The predicted octanol–water partition coefficient (Wildman–Crippen LogP) is 4.73. The molecule has 1 aliphatic heterocycles. The molecule has 9 heteroatoms. The van der Waals surface area contributed by atoms with Gasteiger partial charge >= 0.3 is 8.56 Å². The lowest BCUT2D eigenvalue weighted by molar-refractivity contribution is -0.109. The molecule has 1 aliphatic rings. The third-order valence-electron chi connectivity index (χ3n) is 7.30. The molecule has 0 aromatic carbocycles. The lowest BCUT2D eigenvalue weighted by Crippen LogP contribution is -2.78. The summed E-state index contributed by atoms with van der Waals surface area (Å²) in [7, 11) is -9.75. The second-order valence-corrected chi connectivity index (χ2v) is 31.7. The maximum atomic E-state index is 11.8. The number of amides is 1. The fraction of sp³-hybridized carbons (Fsp3) is 0.842. The van der Waals surface area contributed by atoms with E-state index in [0.717, 1.165) is 30.5 Å². The number of rotatable bonds is 10. The fourth-order valence-electron chi connectivity index (χ4n) is 4.51. The van der Waals surface area contributed by atoms with Crippen LogP contribution in [-0.2, 0) is 13.0 Å². The molecule has 5 atom stereocenters. The van der Waals surface area contributed by atoms with Crippen LogP contribution in [0.1, 0.15) is 48.0 Å². The molecule has 1 heterocycles. The number of hydrogen-bond donors (Lipinski definition) is 2. The third kappa shape index (κ3) is 4.98. The van der Waals surface area contributed by atoms with Crippen molar-refractivity contribution in [2.45, 2.75) is 95.9 Å². The normalized spacial score (nSPS) is 35.6. The Hall–Kier alpha value is -0.0425. The summed E-state index contributed by atoms with van der Waals surface area (Å²) in [6, 6.07) is 1.62. The van der Waals surface area contributed by atoms with Crippen molar-refractivity contribution in [3.8, 4) is 0 Å². The van der Waals surface area contributed by atoms with Gasteiger partial charge in [0.1, 0.15) is 0 Å². The van der Waals surface area contributed by atoms with Gasteiger partial charge in [-0.25, -0.2) is 0 Å². The summed E-state index contributed by atoms with van der Waals surface area (Å²) >= 11 is 0. The van der Waals surface area contributed by atoms with Gasteiger partial charge in [0.25, 0.3) is 0 Å². The average Bonchev–Trinajstić information content (AvgIpc) is 2.55. The lowest BCUT2D eigenvalue weighted by Gasteiger charge is -2.60. The van der Waals surface area contributed by atoms with Gasteiger partial charge < -0.3 is 18.3 Å². The first-order valence-electron chi connectivity index (χ1n) is 10.6. The second-order valence-electron chi connectivity index (χ2n) is 9.89. The van der Waals surface area contributed by atoms with Gasteiger partial charge in [-0.2, -0.15) is 0 Å². The molecule has 0 radical (unpaired) electrons. The molecular weight excluding hydrogens is 419 g/mol. The molecule has 5 unspecified atom stereocenters. The zero-order chi connectivity index (χ0) is 22.0. The highest BCUT2D eigenvalue weighted by atomic mass is 29.3. The first kappa shape index (κ1) is 26.0. The van der Waals surface area contributed by atoms with Crippen molar-refractivity contribution in [3.63, 3.8) is 0 Å². The van der Waals surface area contributed by atoms with Crippen molar-refractivity contribution in [2.75, 3.05) is 6.54 Å². The molecule has 0 spiro atoms. The Morgan fingerprint density at radius 1 is 1.29 bits per heavy atom. The summed E-state index contributed by atoms with van der Waals surface area (Å²) < 4.78 is 14.3. The molecular formula is C19H43NO4Si4. The quantitative estimate of drug-likeness (QED) is 0.213. The first-order valence-corrected chi connectivity index (χ1v) is 21.4. The van der Waals surface area contributed by atoms with Gasteiger partial charge in [0.2, 0.25) is 14.2 Å². The number of carbonyl (C=O) groups excluding carboxylic acids is 1. The Morgan fingerprint density at radius 3 is 2.29 bits per heavy atom. The van der Waals surface area contributed by atoms with Crippen LogP contribution < -0.4 is 5.32 Å². The monoisotopic (exact) mass is 461 g/mol. The summed E-state index contributed by atoms with van der Waals surface area (Å²) in [5, 5.41) is 3.11. The molecule has 1 fully saturated rings. The SMILES string of the molecule is C=C(C)C[Si]1(CCCNC=O)O[Si](C)(C(C)C)C(C)[Si](C)([Si](C)(O)C(C)C)O1. The maximum Gasteiger partial charge on any atom is 0.321 e. The van der Waals surface area contributed by atoms with Gasteiger partial charge in [0.15, 0.2) is 16.2 Å². The van der Waals surface area contributed by atoms with Gasteiger partial charge in [-0.1, -0.05) is 40.2 Å². The molecule has 0 aromatic heterocycles. The highest BCUT2D eigenvalue weighted by Gasteiger charge is 2.68. The first-order chi connectivity index (χ1) is 12.7. The van der Waals surface area contributed by atoms with E-state index in [2.05, 4.69) is 66.2 Å². The molecule has 0 bridgehead atoms. The Morgan fingerprint density at radius 2 is 1.86 bits per heavy atom. The van der Waals surface area contributed by atoms with Crippen LogP contribution in [0.5, 0.6) is 0 Å². The van der Waals surface area contributed by atoms with E-state index in [1.54, 1.807) is 0 Å². The van der Waals surface area contributed by atoms with Crippen molar-refractivity contribution < 1.29 is 17.8 Å². The van der Waals surface area contributed by atoms with Crippen LogP contribution in [0.3, 0.4) is 0 Å². The van der Waals surface area contributed by atoms with E-state index in [1.807, 2.05) is 6.92 Å². The molecule has 2 N–H and O–H groups in total. The summed E-state index contributed by atoms with van der Waals surface area (Å²) in [5.74, 6) is 0. The predicted molar refractivity (Wildman–Crippen MR) is 128 cm³/mol. The zero-order valence-electron chi connectivity index (χ0n) is 19.5. The topological polar surface area (TPSA) is 67.8 Å². The minimum atomic E-state index is -2.59. The van der Waals surface area contributed by atoms with E-state index >= 15 is 0 Å². The van der Waals surface area contributed by atoms with E-state index in [9.17, 15) is 9.59 Å². The van der Waals surface area contributed by atoms with E-state index in [0.29, 0.717) is 17.3 Å². The minimum absolute atomic E-state index is 0.253. The number of nitrogens with one attached hydrogen (secondary N) is 1. The molecule has 164 valence electrons. The number of carbonyl (C=O) groups is 1. The molecule has 5 nitrogen and oxygen atoms in total. The van der Waals surface area contributed by atoms with Crippen LogP contribution in [0, 0.1) is 0 Å². The van der Waals surface area contributed by atoms with E-state index in [4.69, 9.17) is 8.23 Å². The van der Waals surface area contributed by atoms with Crippen molar-refractivity contribution in [2.24, 2.45) is 0 Å². The smallest absolute Gasteiger partial charge is 0.321 e. The average molecular weight is 462 g/mol. The minimum Gasteiger partial charge on any atom is -0.436 e. The molecule has 1 amide bonds. The summed E-state index contributed by atoms with van der Waals surface area (Å²) in [4.78, 5) is 22.5. The molecule has 1 rings (SSSR count). The molecule has 1 saturated heterocycles. The largest absolute Gasteiger partial charge is 0.436 e. The summed E-state index contributed by atoms with van der Waals surface area (Å²) in [5.41, 5.74) is 1.80. The highest BCUT2D eigenvalue weighted by molar-refractivity contribution is 7.41. The van der Waals surface area contributed by atoms with Gasteiger partial charge in [0.05, 0.1) is 0 Å². The van der Waals surface area contributed by atoms with Gasteiger partial charge in [-0.15, -0.1) is 6.58 Å². The van der Waals surface area contributed by atoms with Crippen LogP contribution in [0.4, 0.5) is 0 Å². The van der Waals surface area contributed by atoms with E-state index < -0.39 is 32.5 Å². The molecule has 0 aliphatic carbocycles. The van der Waals surface area contributed by atoms with Crippen LogP contribution in [0.25, 0.3) is 0 Å². The lowest BCUT2D eigenvalue weighted by atomic mass is 10.4. The Labute approximate surface area is 176 Å². The molecule has 28 heavy (non-hydrogen) atoms. The fourth-order valence-corrected chi connectivity index (χ4v) is 42.0. The van der Waals surface area contributed by atoms with Gasteiger partial charge in [0, 0.05) is 12.6 Å². The van der Waals surface area contributed by atoms with Crippen LogP contribution in [-0.4, -0.2) is 50.3 Å². The highest BCUT2D eigenvalue weighted by Crippen LogP contribution is 2.53. The van der Waals surface area contributed by atoms with Crippen molar-refractivity contribution in [1.29, 1.82) is 0 Å². The van der Waals surface area contributed by atoms with Crippen molar-refractivity contribution >= 4 is 39.0 Å². The van der Waals surface area contributed by atoms with Gasteiger partial charge in [-0.3, -0.25) is 4.79 Å². The van der Waals surface area contributed by atoms with Crippen LogP contribution in [0.15, 0.2) is 12.2 Å². The summed E-state index contributed by atoms with van der Waals surface area (Å²) in [6.45, 7) is 24.8. The maximum absolute atomic E-state index is 11.8. The standard InChI is InChI=1S/C19H43NO4Si4/c1-16(2)14-28(13-11-12-20-15-21)23-25(8,17(3)4)19(7)27(10,24-28)26(9,22)18(5)6/h15,17-19,22H,1,11-14H2,2-10H3,(H,20,21). The zero-order valence-corrected chi connectivity index (χ0v) is 23.5. The van der Waals surface area contributed by atoms with Crippen LogP contribution >= 0.6 is 0 Å². The second kappa shape index (κ2) is 9.40. The third-order valence-corrected chi connectivity index (χ3v) is 40.1. The molecule has 0 saturated carbocycles. The van der Waals surface area contributed by atoms with Crippen LogP contribution in [0.2, 0.25) is 48.0 Å². The molecule has 0 aromatic rings. The number of hydrogen-bond acceptors (Lipinski definition) is 4. The Balaban J connectivity index is 3.50. The van der Waals surface area contributed by atoms with E-state index in [-0.39, 0.29) is 5.54 Å². The van der Waals surface area contributed by atoms with Gasteiger partial charge in [-0.05, 0) is 55.3 Å². The van der Waals surface area contributed by atoms with Crippen molar-refractivity contribution in [3.05, 3.63) is 12.2 Å². The van der Waals surface area contributed by atoms with E-state index in [1.165, 1.54) is 0 Å². The Bertz CT molecular complexity index is 574.